The Morgan fingerprint density at radius 3 is 2.78 bits per heavy atom. The van der Waals surface area contributed by atoms with Gasteiger partial charge in [-0.3, -0.25) is 15.3 Å². The molecule has 0 heterocycles. The van der Waals surface area contributed by atoms with Crippen LogP contribution in [0.2, 0.25) is 0 Å². The number of imide groups is 1. The third-order valence-electron chi connectivity index (χ3n) is 1.97. The lowest BCUT2D eigenvalue weighted by molar-refractivity contribution is -0.115. The SMILES string of the molecule is CCOc1ccccc1/C=C/C(=O)NC(=O)NO. The first-order valence-electron chi connectivity index (χ1n) is 5.32. The summed E-state index contributed by atoms with van der Waals surface area (Å²) in [7, 11) is 0. The van der Waals surface area contributed by atoms with Gasteiger partial charge in [0.15, 0.2) is 0 Å². The van der Waals surface area contributed by atoms with E-state index in [0.717, 1.165) is 5.56 Å². The molecule has 1 aromatic rings. The molecule has 1 aromatic carbocycles. The van der Waals surface area contributed by atoms with Crippen molar-refractivity contribution in [3.05, 3.63) is 35.9 Å². The van der Waals surface area contributed by atoms with Gasteiger partial charge in [0.1, 0.15) is 5.75 Å². The quantitative estimate of drug-likeness (QED) is 0.427. The maximum absolute atomic E-state index is 11.2. The summed E-state index contributed by atoms with van der Waals surface area (Å²) in [5.41, 5.74) is 2.02. The molecule has 1 rings (SSSR count). The van der Waals surface area contributed by atoms with E-state index in [0.29, 0.717) is 12.4 Å². The Morgan fingerprint density at radius 2 is 2.11 bits per heavy atom. The second kappa shape index (κ2) is 7.08. The summed E-state index contributed by atoms with van der Waals surface area (Å²) in [4.78, 5) is 21.9. The number of ether oxygens (including phenoxy) is 1. The molecule has 96 valence electrons. The van der Waals surface area contributed by atoms with Gasteiger partial charge in [-0.05, 0) is 19.1 Å². The Balaban J connectivity index is 2.71. The molecule has 3 amide bonds. The van der Waals surface area contributed by atoms with Gasteiger partial charge in [-0.25, -0.2) is 10.3 Å². The van der Waals surface area contributed by atoms with Crippen LogP contribution in [0.3, 0.4) is 0 Å². The Bertz CT molecular complexity index is 457. The van der Waals surface area contributed by atoms with E-state index in [9.17, 15) is 9.59 Å². The molecular formula is C12H14N2O4. The number of benzene rings is 1. The molecule has 3 N–H and O–H groups in total. The maximum Gasteiger partial charge on any atom is 0.345 e. The number of nitrogens with one attached hydrogen (secondary N) is 2. The van der Waals surface area contributed by atoms with Crippen LogP contribution >= 0.6 is 0 Å². The zero-order valence-electron chi connectivity index (χ0n) is 9.84. The standard InChI is InChI=1S/C12H14N2O4/c1-2-18-10-6-4-3-5-9(10)7-8-11(15)13-12(16)14-17/h3-8,17H,2H2,1H3,(H2,13,14,15,16)/b8-7+. The van der Waals surface area contributed by atoms with Crippen LogP contribution < -0.4 is 15.5 Å². The molecular weight excluding hydrogens is 236 g/mol. The lowest BCUT2D eigenvalue weighted by Crippen LogP contribution is -2.36. The van der Waals surface area contributed by atoms with Crippen molar-refractivity contribution in [2.24, 2.45) is 0 Å². The van der Waals surface area contributed by atoms with Crippen LogP contribution in [0.15, 0.2) is 30.3 Å². The fourth-order valence-electron chi connectivity index (χ4n) is 1.25. The van der Waals surface area contributed by atoms with Crippen LogP contribution in [0.5, 0.6) is 5.75 Å². The Hall–Kier alpha value is -2.34. The second-order valence-corrected chi connectivity index (χ2v) is 3.23. The number of rotatable bonds is 4. The molecule has 6 nitrogen and oxygen atoms in total. The molecule has 0 radical (unpaired) electrons. The van der Waals surface area contributed by atoms with Crippen molar-refractivity contribution in [1.82, 2.24) is 10.8 Å². The lowest BCUT2D eigenvalue weighted by Gasteiger charge is -2.06. The van der Waals surface area contributed by atoms with Gasteiger partial charge in [0.25, 0.3) is 5.91 Å². The van der Waals surface area contributed by atoms with E-state index in [2.05, 4.69) is 0 Å². The Labute approximate surface area is 104 Å². The molecule has 0 aliphatic carbocycles. The highest BCUT2D eigenvalue weighted by Gasteiger charge is 2.03. The average molecular weight is 250 g/mol. The summed E-state index contributed by atoms with van der Waals surface area (Å²) in [5, 5.41) is 10.1. The summed E-state index contributed by atoms with van der Waals surface area (Å²) in [6.07, 6.45) is 2.69. The molecule has 0 aliphatic heterocycles. The van der Waals surface area contributed by atoms with Crippen molar-refractivity contribution in [2.75, 3.05) is 6.61 Å². The van der Waals surface area contributed by atoms with Crippen molar-refractivity contribution < 1.29 is 19.5 Å². The van der Waals surface area contributed by atoms with Crippen molar-refractivity contribution in [1.29, 1.82) is 0 Å². The van der Waals surface area contributed by atoms with Crippen molar-refractivity contribution in [2.45, 2.75) is 6.92 Å². The van der Waals surface area contributed by atoms with Crippen LogP contribution in [0, 0.1) is 0 Å². The summed E-state index contributed by atoms with van der Waals surface area (Å²) in [5.74, 6) is 0.00325. The summed E-state index contributed by atoms with van der Waals surface area (Å²) in [6, 6.07) is 6.20. The van der Waals surface area contributed by atoms with E-state index in [1.54, 1.807) is 18.2 Å². The van der Waals surface area contributed by atoms with Gasteiger partial charge in [-0.15, -0.1) is 0 Å². The highest BCUT2D eigenvalue weighted by molar-refractivity contribution is 6.02. The second-order valence-electron chi connectivity index (χ2n) is 3.23. The number of amides is 3. The molecule has 18 heavy (non-hydrogen) atoms. The molecule has 0 unspecified atom stereocenters. The van der Waals surface area contributed by atoms with Gasteiger partial charge < -0.3 is 4.74 Å². The number of carbonyl (C=O) groups is 2. The van der Waals surface area contributed by atoms with Gasteiger partial charge in [-0.2, -0.15) is 0 Å². The van der Waals surface area contributed by atoms with E-state index in [4.69, 9.17) is 9.94 Å². The number of hydroxylamine groups is 1. The first-order chi connectivity index (χ1) is 8.67. The highest BCUT2D eigenvalue weighted by Crippen LogP contribution is 2.19. The van der Waals surface area contributed by atoms with Gasteiger partial charge in [0.2, 0.25) is 0 Å². The maximum atomic E-state index is 11.2. The minimum Gasteiger partial charge on any atom is -0.493 e. The van der Waals surface area contributed by atoms with Crippen LogP contribution in [0.4, 0.5) is 4.79 Å². The predicted molar refractivity (Wildman–Crippen MR) is 65.1 cm³/mol. The number of hydrogen-bond acceptors (Lipinski definition) is 4. The van der Waals surface area contributed by atoms with E-state index < -0.39 is 11.9 Å². The largest absolute Gasteiger partial charge is 0.493 e. The Morgan fingerprint density at radius 1 is 1.39 bits per heavy atom. The van der Waals surface area contributed by atoms with Gasteiger partial charge >= 0.3 is 6.03 Å². The summed E-state index contributed by atoms with van der Waals surface area (Å²) >= 11 is 0. The van der Waals surface area contributed by atoms with Crippen molar-refractivity contribution in [3.8, 4) is 5.75 Å². The third kappa shape index (κ3) is 4.26. The monoisotopic (exact) mass is 250 g/mol. The summed E-state index contributed by atoms with van der Waals surface area (Å²) in [6.45, 7) is 2.38. The van der Waals surface area contributed by atoms with Gasteiger partial charge in [0, 0.05) is 11.6 Å². The third-order valence-corrected chi connectivity index (χ3v) is 1.97. The first-order valence-corrected chi connectivity index (χ1v) is 5.32. The van der Waals surface area contributed by atoms with E-state index in [-0.39, 0.29) is 0 Å². The summed E-state index contributed by atoms with van der Waals surface area (Å²) < 4.78 is 5.37. The topological polar surface area (TPSA) is 87.7 Å². The number of carbonyl (C=O) groups excluding carboxylic acids is 2. The minimum atomic E-state index is -0.984. The predicted octanol–water partition coefficient (Wildman–Crippen LogP) is 1.31. The van der Waals surface area contributed by atoms with Crippen LogP contribution in [-0.4, -0.2) is 23.8 Å². The lowest BCUT2D eigenvalue weighted by atomic mass is 10.2. The number of para-hydroxylation sites is 1. The van der Waals surface area contributed by atoms with Crippen LogP contribution in [0.1, 0.15) is 12.5 Å². The molecule has 0 fully saturated rings. The smallest absolute Gasteiger partial charge is 0.345 e. The first kappa shape index (κ1) is 13.7. The average Bonchev–Trinajstić information content (AvgIpc) is 2.38. The molecule has 0 aliphatic rings. The molecule has 0 saturated carbocycles. The van der Waals surface area contributed by atoms with Gasteiger partial charge in [-0.1, -0.05) is 18.2 Å². The van der Waals surface area contributed by atoms with Crippen LogP contribution in [0.25, 0.3) is 6.08 Å². The van der Waals surface area contributed by atoms with Gasteiger partial charge in [0.05, 0.1) is 6.61 Å². The van der Waals surface area contributed by atoms with Crippen molar-refractivity contribution in [3.63, 3.8) is 0 Å². The molecule has 0 aromatic heterocycles. The number of urea groups is 1. The molecule has 0 atom stereocenters. The Kier molecular flexibility index (Phi) is 5.40. The fraction of sp³-hybridized carbons (Fsp3) is 0.167. The molecule has 6 heteroatoms. The van der Waals surface area contributed by atoms with E-state index >= 15 is 0 Å². The van der Waals surface area contributed by atoms with Crippen molar-refractivity contribution >= 4 is 18.0 Å². The molecule has 0 bridgehead atoms. The normalized spacial score (nSPS) is 10.1. The molecule has 0 spiro atoms. The molecule has 0 saturated heterocycles. The number of hydrogen-bond donors (Lipinski definition) is 3. The van der Waals surface area contributed by atoms with E-state index in [1.165, 1.54) is 17.6 Å². The zero-order chi connectivity index (χ0) is 13.4. The minimum absolute atomic E-state index is 0.518. The zero-order valence-corrected chi connectivity index (χ0v) is 9.84. The van der Waals surface area contributed by atoms with Crippen LogP contribution in [-0.2, 0) is 4.79 Å². The highest BCUT2D eigenvalue weighted by atomic mass is 16.5. The van der Waals surface area contributed by atoms with E-state index in [1.807, 2.05) is 18.3 Å². The fourth-order valence-corrected chi connectivity index (χ4v) is 1.25.